The summed E-state index contributed by atoms with van der Waals surface area (Å²) in [4.78, 5) is 1.08. The van der Waals surface area contributed by atoms with E-state index in [0.29, 0.717) is 5.02 Å². The summed E-state index contributed by atoms with van der Waals surface area (Å²) in [7, 11) is 0. The normalized spacial score (nSPS) is 12.3. The Balaban J connectivity index is 1.94. The third-order valence-electron chi connectivity index (χ3n) is 2.94. The van der Waals surface area contributed by atoms with Crippen molar-refractivity contribution in [2.24, 2.45) is 0 Å². The molecular formula is C15H10BrCl2NOS. The van der Waals surface area contributed by atoms with Crippen LogP contribution in [0.4, 0.5) is 5.69 Å². The van der Waals surface area contributed by atoms with Crippen LogP contribution in [-0.2, 0) is 0 Å². The Kier molecular flexibility index (Phi) is 4.60. The van der Waals surface area contributed by atoms with Crippen molar-refractivity contribution in [1.29, 1.82) is 0 Å². The Bertz CT molecular complexity index is 742. The smallest absolute Gasteiger partial charge is 0.131 e. The van der Waals surface area contributed by atoms with Crippen LogP contribution in [0, 0.1) is 0 Å². The van der Waals surface area contributed by atoms with Crippen molar-refractivity contribution in [2.45, 2.75) is 6.04 Å². The van der Waals surface area contributed by atoms with E-state index in [-0.39, 0.29) is 6.04 Å². The molecule has 3 aromatic rings. The zero-order valence-electron chi connectivity index (χ0n) is 10.6. The van der Waals surface area contributed by atoms with E-state index in [9.17, 15) is 0 Å². The fraction of sp³-hybridized carbons (Fsp3) is 0.0667. The highest BCUT2D eigenvalue weighted by Crippen LogP contribution is 2.35. The first kappa shape index (κ1) is 15.0. The maximum absolute atomic E-state index is 6.14. The molecule has 3 rings (SSSR count). The summed E-state index contributed by atoms with van der Waals surface area (Å²) >= 11 is 17.1. The predicted octanol–water partition coefficient (Wildman–Crippen LogP) is 6.61. The van der Waals surface area contributed by atoms with Gasteiger partial charge in [0.2, 0.25) is 0 Å². The van der Waals surface area contributed by atoms with Crippen LogP contribution < -0.4 is 5.32 Å². The van der Waals surface area contributed by atoms with Gasteiger partial charge in [0.15, 0.2) is 0 Å². The van der Waals surface area contributed by atoms with E-state index < -0.39 is 0 Å². The summed E-state index contributed by atoms with van der Waals surface area (Å²) in [6, 6.07) is 13.3. The number of benzene rings is 1. The molecule has 0 aliphatic rings. The van der Waals surface area contributed by atoms with Gasteiger partial charge in [0, 0.05) is 15.0 Å². The molecule has 108 valence electrons. The van der Waals surface area contributed by atoms with Crippen LogP contribution in [0.15, 0.2) is 57.6 Å². The zero-order valence-corrected chi connectivity index (χ0v) is 14.6. The number of thiophene rings is 1. The maximum atomic E-state index is 6.14. The van der Waals surface area contributed by atoms with Crippen LogP contribution in [-0.4, -0.2) is 0 Å². The molecular weight excluding hydrogens is 393 g/mol. The van der Waals surface area contributed by atoms with Crippen LogP contribution in [0.1, 0.15) is 16.7 Å². The molecule has 0 bridgehead atoms. The third-order valence-corrected chi connectivity index (χ3v) is 5.47. The van der Waals surface area contributed by atoms with E-state index in [2.05, 4.69) is 21.2 Å². The minimum atomic E-state index is -0.102. The molecule has 1 aromatic carbocycles. The van der Waals surface area contributed by atoms with Crippen molar-refractivity contribution in [3.05, 3.63) is 73.2 Å². The van der Waals surface area contributed by atoms with Crippen molar-refractivity contribution in [3.63, 3.8) is 0 Å². The van der Waals surface area contributed by atoms with Crippen LogP contribution >= 0.6 is 50.5 Å². The van der Waals surface area contributed by atoms with E-state index in [1.54, 1.807) is 6.26 Å². The summed E-state index contributed by atoms with van der Waals surface area (Å²) in [5.41, 5.74) is 0.911. The minimum absolute atomic E-state index is 0.102. The van der Waals surface area contributed by atoms with Crippen molar-refractivity contribution in [1.82, 2.24) is 0 Å². The molecule has 1 unspecified atom stereocenters. The number of halogens is 3. The van der Waals surface area contributed by atoms with Crippen molar-refractivity contribution in [3.8, 4) is 0 Å². The highest BCUT2D eigenvalue weighted by Gasteiger charge is 2.19. The van der Waals surface area contributed by atoms with Gasteiger partial charge in [-0.2, -0.15) is 0 Å². The molecule has 0 radical (unpaired) electrons. The van der Waals surface area contributed by atoms with Crippen molar-refractivity contribution < 1.29 is 4.42 Å². The second-order valence-electron chi connectivity index (χ2n) is 4.36. The van der Waals surface area contributed by atoms with Crippen LogP contribution in [0.3, 0.4) is 0 Å². The number of hydrogen-bond acceptors (Lipinski definition) is 3. The first-order valence-corrected chi connectivity index (χ1v) is 8.50. The summed E-state index contributed by atoms with van der Waals surface area (Å²) < 4.78 is 7.16. The highest BCUT2D eigenvalue weighted by atomic mass is 79.9. The number of rotatable bonds is 4. The molecule has 0 fully saturated rings. The van der Waals surface area contributed by atoms with E-state index in [0.717, 1.165) is 25.1 Å². The number of furan rings is 1. The summed E-state index contributed by atoms with van der Waals surface area (Å²) in [6.07, 6.45) is 1.66. The molecule has 0 spiro atoms. The predicted molar refractivity (Wildman–Crippen MR) is 92.7 cm³/mol. The molecule has 0 saturated heterocycles. The van der Waals surface area contributed by atoms with Crippen LogP contribution in [0.25, 0.3) is 0 Å². The standard InChI is InChI=1S/C15H10BrCl2NOS/c16-10-4-3-9(8-11(10)17)19-15(12-2-1-7-20-12)13-5-6-14(18)21-13/h1-8,15,19H. The van der Waals surface area contributed by atoms with Gasteiger partial charge in [0.1, 0.15) is 11.8 Å². The summed E-state index contributed by atoms with van der Waals surface area (Å²) in [6.45, 7) is 0. The number of anilines is 1. The Hall–Kier alpha value is -0.940. The fourth-order valence-electron chi connectivity index (χ4n) is 1.97. The topological polar surface area (TPSA) is 25.2 Å². The van der Waals surface area contributed by atoms with Gasteiger partial charge in [-0.1, -0.05) is 23.2 Å². The fourth-order valence-corrected chi connectivity index (χ4v) is 3.52. The molecule has 0 amide bonds. The second kappa shape index (κ2) is 6.44. The monoisotopic (exact) mass is 401 g/mol. The Morgan fingerprint density at radius 1 is 1.14 bits per heavy atom. The molecule has 2 nitrogen and oxygen atoms in total. The Morgan fingerprint density at radius 2 is 2.00 bits per heavy atom. The van der Waals surface area contributed by atoms with Gasteiger partial charge in [0.25, 0.3) is 0 Å². The van der Waals surface area contributed by atoms with Gasteiger partial charge >= 0.3 is 0 Å². The average Bonchev–Trinajstić information content (AvgIpc) is 3.11. The molecule has 1 N–H and O–H groups in total. The van der Waals surface area contributed by atoms with E-state index in [1.807, 2.05) is 42.5 Å². The largest absolute Gasteiger partial charge is 0.467 e. The first-order valence-electron chi connectivity index (χ1n) is 6.14. The number of nitrogens with one attached hydrogen (secondary N) is 1. The first-order chi connectivity index (χ1) is 10.1. The molecule has 0 aliphatic heterocycles. The third kappa shape index (κ3) is 3.46. The molecule has 21 heavy (non-hydrogen) atoms. The quantitative estimate of drug-likeness (QED) is 0.530. The van der Waals surface area contributed by atoms with Gasteiger partial charge < -0.3 is 9.73 Å². The zero-order chi connectivity index (χ0) is 14.8. The Labute approximate surface area is 144 Å². The molecule has 1 atom stereocenters. The molecule has 0 saturated carbocycles. The Morgan fingerprint density at radius 3 is 2.62 bits per heavy atom. The lowest BCUT2D eigenvalue weighted by atomic mass is 10.1. The lowest BCUT2D eigenvalue weighted by Crippen LogP contribution is -2.10. The maximum Gasteiger partial charge on any atom is 0.131 e. The van der Waals surface area contributed by atoms with Crippen molar-refractivity contribution in [2.75, 3.05) is 5.32 Å². The minimum Gasteiger partial charge on any atom is -0.467 e. The van der Waals surface area contributed by atoms with Crippen molar-refractivity contribution >= 4 is 56.2 Å². The summed E-state index contributed by atoms with van der Waals surface area (Å²) in [5.74, 6) is 0.826. The van der Waals surface area contributed by atoms with Gasteiger partial charge in [-0.15, -0.1) is 11.3 Å². The molecule has 2 heterocycles. The van der Waals surface area contributed by atoms with Gasteiger partial charge in [0.05, 0.1) is 15.6 Å². The molecule has 0 aliphatic carbocycles. The van der Waals surface area contributed by atoms with E-state index >= 15 is 0 Å². The van der Waals surface area contributed by atoms with Gasteiger partial charge in [-0.25, -0.2) is 0 Å². The number of hydrogen-bond donors (Lipinski definition) is 1. The van der Waals surface area contributed by atoms with Crippen LogP contribution in [0.5, 0.6) is 0 Å². The SMILES string of the molecule is Clc1ccc(C(Nc2ccc(Br)c(Cl)c2)c2ccco2)s1. The van der Waals surface area contributed by atoms with E-state index in [4.69, 9.17) is 27.6 Å². The summed E-state index contributed by atoms with van der Waals surface area (Å²) in [5, 5.41) is 4.09. The highest BCUT2D eigenvalue weighted by molar-refractivity contribution is 9.10. The van der Waals surface area contributed by atoms with E-state index in [1.165, 1.54) is 11.3 Å². The lowest BCUT2D eigenvalue weighted by molar-refractivity contribution is 0.501. The van der Waals surface area contributed by atoms with Gasteiger partial charge in [-0.3, -0.25) is 0 Å². The van der Waals surface area contributed by atoms with Crippen LogP contribution in [0.2, 0.25) is 9.36 Å². The van der Waals surface area contributed by atoms with Gasteiger partial charge in [-0.05, 0) is 58.4 Å². The average molecular weight is 403 g/mol. The molecule has 6 heteroatoms. The molecule has 2 aromatic heterocycles. The second-order valence-corrected chi connectivity index (χ2v) is 7.37. The lowest BCUT2D eigenvalue weighted by Gasteiger charge is -2.17.